The van der Waals surface area contributed by atoms with E-state index in [0.29, 0.717) is 0 Å². The van der Waals surface area contributed by atoms with Gasteiger partial charge >= 0.3 is 0 Å². The third kappa shape index (κ3) is 3.95. The molecule has 0 saturated carbocycles. The van der Waals surface area contributed by atoms with E-state index < -0.39 is 0 Å². The summed E-state index contributed by atoms with van der Waals surface area (Å²) in [6.45, 7) is 12.0. The summed E-state index contributed by atoms with van der Waals surface area (Å²) in [5.74, 6) is 0. The van der Waals surface area contributed by atoms with Gasteiger partial charge in [0, 0.05) is 0 Å². The maximum absolute atomic E-state index is 3.72. The van der Waals surface area contributed by atoms with Crippen molar-refractivity contribution in [3.05, 3.63) is 69.8 Å². The molecule has 0 saturated heterocycles. The third-order valence-corrected chi connectivity index (χ3v) is 3.91. The molecule has 0 fully saturated rings. The number of rotatable bonds is 5. The van der Waals surface area contributed by atoms with Crippen molar-refractivity contribution in [2.45, 2.75) is 47.1 Å². The van der Waals surface area contributed by atoms with Gasteiger partial charge in [0.1, 0.15) is 0 Å². The molecule has 1 nitrogen and oxygen atoms in total. The van der Waals surface area contributed by atoms with E-state index in [0.717, 1.165) is 13.0 Å². The molecule has 0 bridgehead atoms. The molecule has 1 unspecified atom stereocenters. The normalized spacial score (nSPS) is 12.4. The third-order valence-electron chi connectivity index (χ3n) is 3.91. The molecule has 2 rings (SSSR count). The van der Waals surface area contributed by atoms with E-state index in [1.807, 2.05) is 0 Å². The van der Waals surface area contributed by atoms with Crippen LogP contribution in [0.4, 0.5) is 0 Å². The summed E-state index contributed by atoms with van der Waals surface area (Å²) in [4.78, 5) is 0. The van der Waals surface area contributed by atoms with Gasteiger partial charge in [-0.25, -0.2) is 0 Å². The van der Waals surface area contributed by atoms with Crippen molar-refractivity contribution in [1.82, 2.24) is 5.32 Å². The Bertz CT molecular complexity index is 593. The standard InChI is InChI=1S/C20H27N/c1-6-9-21-20(18-12-15(3)10-16(4)13-18)19-8-7-14(2)11-17(19)5/h7-8,10-13,20-21H,6,9H2,1-5H3. The fourth-order valence-electron chi connectivity index (χ4n) is 3.02. The fraction of sp³-hybridized carbons (Fsp3) is 0.400. The predicted molar refractivity (Wildman–Crippen MR) is 92.0 cm³/mol. The predicted octanol–water partition coefficient (Wildman–Crippen LogP) is 5.01. The molecular formula is C20H27N. The largest absolute Gasteiger partial charge is 0.306 e. The van der Waals surface area contributed by atoms with E-state index in [1.165, 1.54) is 33.4 Å². The number of benzene rings is 2. The van der Waals surface area contributed by atoms with Crippen LogP contribution in [0.25, 0.3) is 0 Å². The second-order valence-corrected chi connectivity index (χ2v) is 6.17. The monoisotopic (exact) mass is 281 g/mol. The number of nitrogens with one attached hydrogen (secondary N) is 1. The average molecular weight is 281 g/mol. The first kappa shape index (κ1) is 15.8. The Hall–Kier alpha value is -1.60. The van der Waals surface area contributed by atoms with Gasteiger partial charge in [0.25, 0.3) is 0 Å². The van der Waals surface area contributed by atoms with Gasteiger partial charge in [0.2, 0.25) is 0 Å². The van der Waals surface area contributed by atoms with Crippen LogP contribution in [0.3, 0.4) is 0 Å². The highest BCUT2D eigenvalue weighted by Crippen LogP contribution is 2.27. The van der Waals surface area contributed by atoms with Gasteiger partial charge in [-0.15, -0.1) is 0 Å². The van der Waals surface area contributed by atoms with Gasteiger partial charge in [-0.3, -0.25) is 0 Å². The van der Waals surface area contributed by atoms with Crippen molar-refractivity contribution < 1.29 is 0 Å². The summed E-state index contributed by atoms with van der Waals surface area (Å²) >= 11 is 0. The molecular weight excluding hydrogens is 254 g/mol. The smallest absolute Gasteiger partial charge is 0.0579 e. The zero-order chi connectivity index (χ0) is 15.4. The Morgan fingerprint density at radius 2 is 1.52 bits per heavy atom. The molecule has 2 aromatic carbocycles. The second-order valence-electron chi connectivity index (χ2n) is 6.17. The first-order valence-electron chi connectivity index (χ1n) is 7.90. The minimum Gasteiger partial charge on any atom is -0.306 e. The summed E-state index contributed by atoms with van der Waals surface area (Å²) in [6, 6.07) is 13.9. The topological polar surface area (TPSA) is 12.0 Å². The maximum Gasteiger partial charge on any atom is 0.0579 e. The van der Waals surface area contributed by atoms with Crippen LogP contribution in [-0.4, -0.2) is 6.54 Å². The summed E-state index contributed by atoms with van der Waals surface area (Å²) in [7, 11) is 0. The van der Waals surface area contributed by atoms with E-state index in [1.54, 1.807) is 0 Å². The minimum atomic E-state index is 0.282. The Morgan fingerprint density at radius 1 is 0.857 bits per heavy atom. The van der Waals surface area contributed by atoms with E-state index in [2.05, 4.69) is 76.3 Å². The first-order chi connectivity index (χ1) is 10.0. The van der Waals surface area contributed by atoms with Crippen molar-refractivity contribution in [3.63, 3.8) is 0 Å². The number of aryl methyl sites for hydroxylation is 4. The van der Waals surface area contributed by atoms with Crippen molar-refractivity contribution in [2.75, 3.05) is 6.54 Å². The number of hydrogen-bond acceptors (Lipinski definition) is 1. The van der Waals surface area contributed by atoms with Crippen LogP contribution in [0.1, 0.15) is 52.8 Å². The molecule has 21 heavy (non-hydrogen) atoms. The first-order valence-corrected chi connectivity index (χ1v) is 7.90. The Kier molecular flexibility index (Phi) is 5.19. The van der Waals surface area contributed by atoms with Gasteiger partial charge in [-0.2, -0.15) is 0 Å². The van der Waals surface area contributed by atoms with E-state index in [9.17, 15) is 0 Å². The minimum absolute atomic E-state index is 0.282. The molecule has 112 valence electrons. The summed E-state index contributed by atoms with van der Waals surface area (Å²) in [6.07, 6.45) is 1.15. The number of hydrogen-bond donors (Lipinski definition) is 1. The Morgan fingerprint density at radius 3 is 2.10 bits per heavy atom. The molecule has 0 spiro atoms. The highest BCUT2D eigenvalue weighted by molar-refractivity contribution is 5.41. The van der Waals surface area contributed by atoms with Crippen molar-refractivity contribution in [1.29, 1.82) is 0 Å². The van der Waals surface area contributed by atoms with Crippen LogP contribution in [0, 0.1) is 27.7 Å². The van der Waals surface area contributed by atoms with Crippen LogP contribution in [0.2, 0.25) is 0 Å². The van der Waals surface area contributed by atoms with Crippen LogP contribution in [-0.2, 0) is 0 Å². The van der Waals surface area contributed by atoms with Crippen LogP contribution in [0.15, 0.2) is 36.4 Å². The fourth-order valence-corrected chi connectivity index (χ4v) is 3.02. The van der Waals surface area contributed by atoms with Gasteiger partial charge in [0.05, 0.1) is 6.04 Å². The lowest BCUT2D eigenvalue weighted by Crippen LogP contribution is -2.24. The SMILES string of the molecule is CCCNC(c1cc(C)cc(C)c1)c1ccc(C)cc1C. The molecule has 1 atom stereocenters. The highest BCUT2D eigenvalue weighted by atomic mass is 14.9. The van der Waals surface area contributed by atoms with E-state index in [-0.39, 0.29) is 6.04 Å². The second kappa shape index (κ2) is 6.91. The zero-order valence-corrected chi connectivity index (χ0v) is 14.0. The molecule has 0 aliphatic rings. The van der Waals surface area contributed by atoms with Crippen LogP contribution < -0.4 is 5.32 Å². The van der Waals surface area contributed by atoms with Crippen LogP contribution in [0.5, 0.6) is 0 Å². The molecule has 1 heteroatoms. The molecule has 1 N–H and O–H groups in total. The molecule has 0 aliphatic carbocycles. The summed E-state index contributed by atoms with van der Waals surface area (Å²) in [5, 5.41) is 3.72. The van der Waals surface area contributed by atoms with Crippen molar-refractivity contribution in [3.8, 4) is 0 Å². The lowest BCUT2D eigenvalue weighted by Gasteiger charge is -2.23. The molecule has 0 radical (unpaired) electrons. The van der Waals surface area contributed by atoms with E-state index >= 15 is 0 Å². The van der Waals surface area contributed by atoms with Crippen molar-refractivity contribution in [2.24, 2.45) is 0 Å². The Labute approximate surface area is 129 Å². The quantitative estimate of drug-likeness (QED) is 0.812. The van der Waals surface area contributed by atoms with Gasteiger partial charge in [-0.05, 0) is 57.4 Å². The Balaban J connectivity index is 2.46. The summed E-state index contributed by atoms with van der Waals surface area (Å²) < 4.78 is 0. The molecule has 0 aliphatic heterocycles. The zero-order valence-electron chi connectivity index (χ0n) is 14.0. The molecule has 0 amide bonds. The van der Waals surface area contributed by atoms with Gasteiger partial charge in [-0.1, -0.05) is 60.0 Å². The molecule has 0 aromatic heterocycles. The van der Waals surface area contributed by atoms with Gasteiger partial charge < -0.3 is 5.32 Å². The van der Waals surface area contributed by atoms with Crippen molar-refractivity contribution >= 4 is 0 Å². The lowest BCUT2D eigenvalue weighted by atomic mass is 9.92. The average Bonchev–Trinajstić information content (AvgIpc) is 2.40. The lowest BCUT2D eigenvalue weighted by molar-refractivity contribution is 0.595. The molecule has 2 aromatic rings. The summed E-state index contributed by atoms with van der Waals surface area (Å²) in [5.41, 5.74) is 8.11. The van der Waals surface area contributed by atoms with E-state index in [4.69, 9.17) is 0 Å². The maximum atomic E-state index is 3.72. The molecule has 0 heterocycles. The highest BCUT2D eigenvalue weighted by Gasteiger charge is 2.16. The van der Waals surface area contributed by atoms with Crippen LogP contribution >= 0.6 is 0 Å². The van der Waals surface area contributed by atoms with Gasteiger partial charge in [0.15, 0.2) is 0 Å².